The number of benzene rings is 2. The van der Waals surface area contributed by atoms with E-state index < -0.39 is 11.5 Å². The molecule has 6 nitrogen and oxygen atoms in total. The van der Waals surface area contributed by atoms with Gasteiger partial charge in [0.05, 0.1) is 12.1 Å². The zero-order chi connectivity index (χ0) is 25.1. The van der Waals surface area contributed by atoms with Crippen LogP contribution < -0.4 is 4.74 Å². The summed E-state index contributed by atoms with van der Waals surface area (Å²) in [6, 6.07) is 22.3. The molecule has 3 aromatic rings. The molecule has 1 aliphatic heterocycles. The molecule has 2 atom stereocenters. The first kappa shape index (κ1) is 24.5. The van der Waals surface area contributed by atoms with Gasteiger partial charge in [0.2, 0.25) is 5.90 Å². The lowest BCUT2D eigenvalue weighted by Crippen LogP contribution is -2.30. The molecule has 0 amide bonds. The zero-order valence-corrected chi connectivity index (χ0v) is 20.7. The summed E-state index contributed by atoms with van der Waals surface area (Å²) >= 11 is 0. The Kier molecular flexibility index (Phi) is 6.92. The number of ether oxygens (including phenoxy) is 2. The third-order valence-corrected chi connectivity index (χ3v) is 6.88. The second-order valence-corrected chi connectivity index (χ2v) is 9.84. The number of hydrogen-bond donors (Lipinski definition) is 1. The monoisotopic (exact) mass is 472 g/mol. The van der Waals surface area contributed by atoms with Crippen molar-refractivity contribution < 1.29 is 19.4 Å². The van der Waals surface area contributed by atoms with Gasteiger partial charge in [-0.1, -0.05) is 51.1 Å². The summed E-state index contributed by atoms with van der Waals surface area (Å²) < 4.78 is 11.7. The lowest BCUT2D eigenvalue weighted by Gasteiger charge is -2.35. The van der Waals surface area contributed by atoms with Crippen LogP contribution in [0.3, 0.4) is 0 Å². The minimum Gasteiger partial charge on any atom is -0.487 e. The molecule has 0 saturated carbocycles. The van der Waals surface area contributed by atoms with E-state index in [0.29, 0.717) is 18.4 Å². The van der Waals surface area contributed by atoms with Crippen molar-refractivity contribution in [1.82, 2.24) is 4.98 Å². The minimum absolute atomic E-state index is 0.0540. The lowest BCUT2D eigenvalue weighted by molar-refractivity contribution is -0.138. The quantitative estimate of drug-likeness (QED) is 0.436. The Morgan fingerprint density at radius 2 is 1.74 bits per heavy atom. The van der Waals surface area contributed by atoms with Crippen molar-refractivity contribution in [3.63, 3.8) is 0 Å². The van der Waals surface area contributed by atoms with Gasteiger partial charge in [0.15, 0.2) is 0 Å². The fourth-order valence-electron chi connectivity index (χ4n) is 4.43. The van der Waals surface area contributed by atoms with Gasteiger partial charge in [0.25, 0.3) is 0 Å². The van der Waals surface area contributed by atoms with E-state index in [0.717, 1.165) is 17.0 Å². The van der Waals surface area contributed by atoms with Crippen LogP contribution in [0.4, 0.5) is 0 Å². The number of carbonyl (C=O) groups is 1. The van der Waals surface area contributed by atoms with Gasteiger partial charge >= 0.3 is 5.97 Å². The van der Waals surface area contributed by atoms with Crippen LogP contribution in [0.25, 0.3) is 0 Å². The highest BCUT2D eigenvalue weighted by atomic mass is 16.5. The third kappa shape index (κ3) is 5.37. The number of hydrogen-bond acceptors (Lipinski definition) is 5. The molecule has 182 valence electrons. The van der Waals surface area contributed by atoms with Crippen LogP contribution in [0.15, 0.2) is 77.9 Å². The smallest absolute Gasteiger partial charge is 0.305 e. The van der Waals surface area contributed by atoms with Gasteiger partial charge < -0.3 is 14.6 Å². The van der Waals surface area contributed by atoms with E-state index in [1.54, 1.807) is 6.20 Å². The number of nitrogens with zero attached hydrogens (tertiary/aromatic N) is 2. The molecular formula is C29H32N2O4. The molecule has 0 bridgehead atoms. The first-order valence-corrected chi connectivity index (χ1v) is 11.9. The highest BCUT2D eigenvalue weighted by Gasteiger charge is 2.36. The summed E-state index contributed by atoms with van der Waals surface area (Å²) in [7, 11) is 0. The Morgan fingerprint density at radius 3 is 2.31 bits per heavy atom. The maximum atomic E-state index is 11.1. The van der Waals surface area contributed by atoms with E-state index in [-0.39, 0.29) is 18.4 Å². The summed E-state index contributed by atoms with van der Waals surface area (Å²) in [5.41, 5.74) is 3.19. The molecule has 1 aliphatic rings. The second kappa shape index (κ2) is 9.90. The van der Waals surface area contributed by atoms with Crippen LogP contribution in [-0.2, 0) is 21.6 Å². The first-order valence-electron chi connectivity index (χ1n) is 11.9. The van der Waals surface area contributed by atoms with Crippen molar-refractivity contribution in [2.24, 2.45) is 10.9 Å². The largest absolute Gasteiger partial charge is 0.487 e. The molecule has 2 aromatic carbocycles. The normalized spacial score (nSPS) is 19.1. The van der Waals surface area contributed by atoms with Gasteiger partial charge in [-0.2, -0.15) is 0 Å². The molecule has 0 radical (unpaired) electrons. The summed E-state index contributed by atoms with van der Waals surface area (Å²) in [5.74, 6) is 0.771. The van der Waals surface area contributed by atoms with Gasteiger partial charge in [0.1, 0.15) is 24.5 Å². The number of aromatic nitrogens is 1. The van der Waals surface area contributed by atoms with E-state index in [1.165, 1.54) is 11.1 Å². The van der Waals surface area contributed by atoms with Crippen molar-refractivity contribution in [3.05, 3.63) is 95.3 Å². The summed E-state index contributed by atoms with van der Waals surface area (Å²) in [6.07, 6.45) is 1.71. The van der Waals surface area contributed by atoms with E-state index in [9.17, 15) is 4.79 Å². The van der Waals surface area contributed by atoms with Crippen molar-refractivity contribution >= 4 is 11.9 Å². The van der Waals surface area contributed by atoms with Crippen LogP contribution in [0.1, 0.15) is 56.5 Å². The maximum Gasteiger partial charge on any atom is 0.305 e. The SMILES string of the molecule is CC(C)C(C)(c1ccc(OCc2ccccn2)cc1)c1ccc(C2=NC(C)(CC(=O)O)CO2)cc1. The molecule has 6 heteroatoms. The topological polar surface area (TPSA) is 81.0 Å². The van der Waals surface area contributed by atoms with Gasteiger partial charge in [-0.25, -0.2) is 4.99 Å². The molecule has 0 aliphatic carbocycles. The fourth-order valence-corrected chi connectivity index (χ4v) is 4.43. The van der Waals surface area contributed by atoms with Crippen molar-refractivity contribution in [3.8, 4) is 5.75 Å². The molecule has 2 unspecified atom stereocenters. The Labute approximate surface area is 206 Å². The number of rotatable bonds is 9. The molecule has 4 rings (SSSR count). The van der Waals surface area contributed by atoms with Crippen LogP contribution in [0, 0.1) is 5.92 Å². The van der Waals surface area contributed by atoms with Crippen molar-refractivity contribution in [2.75, 3.05) is 6.61 Å². The Hall–Kier alpha value is -3.67. The average Bonchev–Trinajstić information content (AvgIpc) is 3.24. The summed E-state index contributed by atoms with van der Waals surface area (Å²) in [4.78, 5) is 20.0. The summed E-state index contributed by atoms with van der Waals surface area (Å²) in [5, 5.41) is 9.15. The molecule has 0 saturated heterocycles. The molecule has 2 heterocycles. The van der Waals surface area contributed by atoms with Gasteiger partial charge in [-0.3, -0.25) is 9.78 Å². The van der Waals surface area contributed by atoms with Gasteiger partial charge in [0, 0.05) is 17.2 Å². The predicted molar refractivity (Wildman–Crippen MR) is 136 cm³/mol. The molecule has 0 spiro atoms. The van der Waals surface area contributed by atoms with Crippen molar-refractivity contribution in [1.29, 1.82) is 0 Å². The number of carboxylic acids is 1. The average molecular weight is 473 g/mol. The zero-order valence-electron chi connectivity index (χ0n) is 20.7. The van der Waals surface area contributed by atoms with Crippen LogP contribution in [0.2, 0.25) is 0 Å². The van der Waals surface area contributed by atoms with E-state index in [1.807, 2.05) is 49.4 Å². The molecule has 35 heavy (non-hydrogen) atoms. The van der Waals surface area contributed by atoms with E-state index >= 15 is 0 Å². The second-order valence-electron chi connectivity index (χ2n) is 9.84. The highest BCUT2D eigenvalue weighted by Crippen LogP contribution is 2.40. The number of carboxylic acid groups (broad SMARTS) is 1. The summed E-state index contributed by atoms with van der Waals surface area (Å²) in [6.45, 7) is 9.21. The Morgan fingerprint density at radius 1 is 1.09 bits per heavy atom. The maximum absolute atomic E-state index is 11.1. The number of aliphatic carboxylic acids is 1. The van der Waals surface area contributed by atoms with Gasteiger partial charge in [-0.15, -0.1) is 0 Å². The minimum atomic E-state index is -0.878. The number of pyridine rings is 1. The standard InChI is InChI=1S/C29H32N2O4/c1-20(2)29(4,23-12-14-25(15-13-23)34-18-24-7-5-6-16-30-24)22-10-8-21(9-11-22)27-31-28(3,19-35-27)17-26(32)33/h5-16,20H,17-19H2,1-4H3,(H,32,33). The molecule has 1 N–H and O–H groups in total. The lowest BCUT2D eigenvalue weighted by atomic mass is 9.68. The Balaban J connectivity index is 1.53. The van der Waals surface area contributed by atoms with E-state index in [2.05, 4.69) is 55.0 Å². The fraction of sp³-hybridized carbons (Fsp3) is 0.345. The number of aliphatic imine (C=N–C) groups is 1. The van der Waals surface area contributed by atoms with Crippen molar-refractivity contribution in [2.45, 2.75) is 51.7 Å². The van der Waals surface area contributed by atoms with Crippen LogP contribution >= 0.6 is 0 Å². The van der Waals surface area contributed by atoms with Gasteiger partial charge in [-0.05, 0) is 60.4 Å². The molecule has 0 fully saturated rings. The molecule has 1 aromatic heterocycles. The van der Waals surface area contributed by atoms with E-state index in [4.69, 9.17) is 14.6 Å². The van der Waals surface area contributed by atoms with Crippen LogP contribution in [0.5, 0.6) is 5.75 Å². The molecular weight excluding hydrogens is 440 g/mol. The third-order valence-electron chi connectivity index (χ3n) is 6.88. The van der Waals surface area contributed by atoms with Crippen LogP contribution in [-0.4, -0.2) is 34.1 Å². The first-order chi connectivity index (χ1) is 16.7. The highest BCUT2D eigenvalue weighted by molar-refractivity contribution is 5.95. The predicted octanol–water partition coefficient (Wildman–Crippen LogP) is 5.63. The Bertz CT molecular complexity index is 1190.